The summed E-state index contributed by atoms with van der Waals surface area (Å²) in [6.07, 6.45) is 0.786. The van der Waals surface area contributed by atoms with E-state index >= 15 is 0 Å². The van der Waals surface area contributed by atoms with Crippen LogP contribution in [0.1, 0.15) is 29.3 Å². The van der Waals surface area contributed by atoms with Gasteiger partial charge in [-0.3, -0.25) is 9.59 Å². The minimum Gasteiger partial charge on any atom is -0.341 e. The van der Waals surface area contributed by atoms with E-state index in [2.05, 4.69) is 16.0 Å². The standard InChI is InChI=1S/C25H26N4O3S/c1-16-5-11-19(12-6-16)29-22(30)14-13-20(23(29)21-4-3-15-33-21)24(31)27-17-7-9-18(10-8-17)28-25(32)26-2/h3-12,15,20,23H,13-14H2,1-2H3,(H,27,31)(H2,26,28,32). The number of rotatable bonds is 5. The van der Waals surface area contributed by atoms with Gasteiger partial charge in [0.1, 0.15) is 0 Å². The van der Waals surface area contributed by atoms with E-state index < -0.39 is 5.92 Å². The van der Waals surface area contributed by atoms with Gasteiger partial charge in [-0.1, -0.05) is 23.8 Å². The number of nitrogens with one attached hydrogen (secondary N) is 3. The van der Waals surface area contributed by atoms with Crippen LogP contribution in [-0.2, 0) is 9.59 Å². The quantitative estimate of drug-likeness (QED) is 0.502. The van der Waals surface area contributed by atoms with Crippen LogP contribution >= 0.6 is 11.3 Å². The molecule has 4 amide bonds. The maximum atomic E-state index is 13.4. The van der Waals surface area contributed by atoms with E-state index in [0.717, 1.165) is 16.1 Å². The van der Waals surface area contributed by atoms with E-state index in [1.165, 1.54) is 0 Å². The fourth-order valence-corrected chi connectivity index (χ4v) is 4.91. The Balaban J connectivity index is 1.58. The number of nitrogens with zero attached hydrogens (tertiary/aromatic N) is 1. The van der Waals surface area contributed by atoms with Crippen LogP contribution in [0.4, 0.5) is 21.9 Å². The maximum absolute atomic E-state index is 13.4. The van der Waals surface area contributed by atoms with Crippen molar-refractivity contribution in [1.29, 1.82) is 0 Å². The molecule has 2 atom stereocenters. The van der Waals surface area contributed by atoms with Gasteiger partial charge in [0.25, 0.3) is 0 Å². The van der Waals surface area contributed by atoms with Gasteiger partial charge in [0.15, 0.2) is 0 Å². The molecule has 4 rings (SSSR count). The Bertz CT molecular complexity index is 1130. The van der Waals surface area contributed by atoms with Crippen LogP contribution in [0.15, 0.2) is 66.0 Å². The summed E-state index contributed by atoms with van der Waals surface area (Å²) in [6, 6.07) is 18.0. The minimum absolute atomic E-state index is 0.0194. The molecule has 1 fully saturated rings. The second-order valence-corrected chi connectivity index (χ2v) is 8.95. The number of anilines is 3. The molecule has 2 heterocycles. The molecule has 1 saturated heterocycles. The highest BCUT2D eigenvalue weighted by Crippen LogP contribution is 2.42. The fourth-order valence-electron chi connectivity index (χ4n) is 4.03. The van der Waals surface area contributed by atoms with Crippen molar-refractivity contribution in [2.75, 3.05) is 22.6 Å². The summed E-state index contributed by atoms with van der Waals surface area (Å²) >= 11 is 1.55. The monoisotopic (exact) mass is 462 g/mol. The topological polar surface area (TPSA) is 90.5 Å². The lowest BCUT2D eigenvalue weighted by Crippen LogP contribution is -2.46. The minimum atomic E-state index is -0.397. The molecular formula is C25H26N4O3S. The van der Waals surface area contributed by atoms with Crippen LogP contribution < -0.4 is 20.9 Å². The molecular weight excluding hydrogens is 436 g/mol. The third-order valence-corrected chi connectivity index (χ3v) is 6.66. The lowest BCUT2D eigenvalue weighted by atomic mass is 9.86. The van der Waals surface area contributed by atoms with Crippen molar-refractivity contribution in [3.8, 4) is 0 Å². The summed E-state index contributed by atoms with van der Waals surface area (Å²) in [7, 11) is 1.54. The van der Waals surface area contributed by atoms with Crippen molar-refractivity contribution in [2.45, 2.75) is 25.8 Å². The number of carbonyl (C=O) groups is 3. The van der Waals surface area contributed by atoms with Crippen LogP contribution in [0.25, 0.3) is 0 Å². The number of benzene rings is 2. The molecule has 1 aliphatic rings. The summed E-state index contributed by atoms with van der Waals surface area (Å²) in [4.78, 5) is 40.6. The average molecular weight is 463 g/mol. The Labute approximate surface area is 196 Å². The van der Waals surface area contributed by atoms with Gasteiger partial charge < -0.3 is 20.9 Å². The molecule has 0 bridgehead atoms. The zero-order chi connectivity index (χ0) is 23.4. The Morgan fingerprint density at radius 2 is 1.64 bits per heavy atom. The predicted molar refractivity (Wildman–Crippen MR) is 132 cm³/mol. The molecule has 0 aliphatic carbocycles. The molecule has 8 heteroatoms. The van der Waals surface area contributed by atoms with E-state index in [0.29, 0.717) is 24.2 Å². The van der Waals surface area contributed by atoms with Crippen LogP contribution in [-0.4, -0.2) is 24.9 Å². The van der Waals surface area contributed by atoms with Crippen LogP contribution in [0.2, 0.25) is 0 Å². The molecule has 3 aromatic rings. The number of hydrogen-bond donors (Lipinski definition) is 3. The second-order valence-electron chi connectivity index (χ2n) is 7.98. The molecule has 7 nitrogen and oxygen atoms in total. The van der Waals surface area contributed by atoms with E-state index in [1.54, 1.807) is 47.5 Å². The van der Waals surface area contributed by atoms with Crippen molar-refractivity contribution in [3.63, 3.8) is 0 Å². The molecule has 33 heavy (non-hydrogen) atoms. The third kappa shape index (κ3) is 5.06. The molecule has 170 valence electrons. The van der Waals surface area contributed by atoms with Crippen molar-refractivity contribution >= 4 is 46.2 Å². The molecule has 0 spiro atoms. The van der Waals surface area contributed by atoms with Crippen molar-refractivity contribution in [1.82, 2.24) is 5.32 Å². The first-order valence-corrected chi connectivity index (χ1v) is 11.7. The normalized spacial score (nSPS) is 18.0. The van der Waals surface area contributed by atoms with Crippen molar-refractivity contribution in [3.05, 3.63) is 76.5 Å². The number of hydrogen-bond acceptors (Lipinski definition) is 4. The van der Waals surface area contributed by atoms with Gasteiger partial charge in [-0.25, -0.2) is 4.79 Å². The lowest BCUT2D eigenvalue weighted by Gasteiger charge is -2.40. The number of piperidine rings is 1. The average Bonchev–Trinajstić information content (AvgIpc) is 3.35. The van der Waals surface area contributed by atoms with Crippen LogP contribution in [0, 0.1) is 12.8 Å². The zero-order valence-electron chi connectivity index (χ0n) is 18.5. The molecule has 0 saturated carbocycles. The summed E-state index contributed by atoms with van der Waals surface area (Å²) in [5.41, 5.74) is 3.16. The van der Waals surface area contributed by atoms with Crippen molar-refractivity contribution in [2.24, 2.45) is 5.92 Å². The number of urea groups is 1. The number of amides is 4. The van der Waals surface area contributed by atoms with E-state index in [-0.39, 0.29) is 23.9 Å². The molecule has 1 aromatic heterocycles. The number of carbonyl (C=O) groups excluding carboxylic acids is 3. The Kier molecular flexibility index (Phi) is 6.74. The van der Waals surface area contributed by atoms with E-state index in [1.807, 2.05) is 48.7 Å². The van der Waals surface area contributed by atoms with Gasteiger partial charge >= 0.3 is 6.03 Å². The highest BCUT2D eigenvalue weighted by Gasteiger charge is 2.42. The summed E-state index contributed by atoms with van der Waals surface area (Å²) in [5.74, 6) is -0.512. The zero-order valence-corrected chi connectivity index (χ0v) is 19.3. The summed E-state index contributed by atoms with van der Waals surface area (Å²) in [6.45, 7) is 2.00. The molecule has 2 aromatic carbocycles. The van der Waals surface area contributed by atoms with E-state index in [9.17, 15) is 14.4 Å². The lowest BCUT2D eigenvalue weighted by molar-refractivity contribution is -0.125. The van der Waals surface area contributed by atoms with Gasteiger partial charge in [0, 0.05) is 35.4 Å². The smallest absolute Gasteiger partial charge is 0.318 e. The highest BCUT2D eigenvalue weighted by atomic mass is 32.1. The van der Waals surface area contributed by atoms with Gasteiger partial charge in [-0.2, -0.15) is 0 Å². The summed E-state index contributed by atoms with van der Waals surface area (Å²) < 4.78 is 0. The summed E-state index contributed by atoms with van der Waals surface area (Å²) in [5, 5.41) is 10.1. The van der Waals surface area contributed by atoms with E-state index in [4.69, 9.17) is 0 Å². The highest BCUT2D eigenvalue weighted by molar-refractivity contribution is 7.10. The van der Waals surface area contributed by atoms with Crippen molar-refractivity contribution < 1.29 is 14.4 Å². The molecule has 1 aliphatic heterocycles. The maximum Gasteiger partial charge on any atom is 0.318 e. The van der Waals surface area contributed by atoms with Crippen LogP contribution in [0.3, 0.4) is 0 Å². The Morgan fingerprint density at radius 3 is 2.24 bits per heavy atom. The van der Waals surface area contributed by atoms with Gasteiger partial charge in [0.05, 0.1) is 12.0 Å². The number of thiophene rings is 1. The third-order valence-electron chi connectivity index (χ3n) is 5.72. The molecule has 3 N–H and O–H groups in total. The SMILES string of the molecule is CNC(=O)Nc1ccc(NC(=O)C2CCC(=O)N(c3ccc(C)cc3)C2c2cccs2)cc1. The Hall–Kier alpha value is -3.65. The fraction of sp³-hybridized carbons (Fsp3) is 0.240. The molecule has 2 unspecified atom stereocenters. The van der Waals surface area contributed by atoms with Gasteiger partial charge in [-0.05, 0) is 61.2 Å². The first-order chi connectivity index (χ1) is 16.0. The largest absolute Gasteiger partial charge is 0.341 e. The predicted octanol–water partition coefficient (Wildman–Crippen LogP) is 4.93. The van der Waals surface area contributed by atoms with Gasteiger partial charge in [0.2, 0.25) is 11.8 Å². The van der Waals surface area contributed by atoms with Crippen LogP contribution in [0.5, 0.6) is 0 Å². The first-order valence-electron chi connectivity index (χ1n) is 10.8. The van der Waals surface area contributed by atoms with Gasteiger partial charge in [-0.15, -0.1) is 11.3 Å². The number of aryl methyl sites for hydroxylation is 1. The Morgan fingerprint density at radius 1 is 0.970 bits per heavy atom. The first kappa shape index (κ1) is 22.5. The second kappa shape index (κ2) is 9.87. The molecule has 0 radical (unpaired) electrons.